The van der Waals surface area contributed by atoms with E-state index in [1.165, 1.54) is 24.0 Å². The summed E-state index contributed by atoms with van der Waals surface area (Å²) in [6.45, 7) is 5.56. The second-order valence-corrected chi connectivity index (χ2v) is 6.74. The van der Waals surface area contributed by atoms with E-state index in [1.807, 2.05) is 6.92 Å². The monoisotopic (exact) mass is 328 g/mol. The van der Waals surface area contributed by atoms with Gasteiger partial charge in [0.1, 0.15) is 0 Å². The molecule has 2 N–H and O–H groups in total. The van der Waals surface area contributed by atoms with Crippen LogP contribution in [0.15, 0.2) is 27.8 Å². The van der Waals surface area contributed by atoms with Crippen LogP contribution in [0, 0.1) is 0 Å². The van der Waals surface area contributed by atoms with Gasteiger partial charge in [0.15, 0.2) is 0 Å². The molecule has 1 aromatic heterocycles. The van der Waals surface area contributed by atoms with Gasteiger partial charge in [-0.1, -0.05) is 18.2 Å². The van der Waals surface area contributed by atoms with Crippen molar-refractivity contribution in [3.63, 3.8) is 0 Å². The number of anilines is 1. The third-order valence-electron chi connectivity index (χ3n) is 4.60. The van der Waals surface area contributed by atoms with E-state index < -0.39 is 11.4 Å². The highest BCUT2D eigenvalue weighted by atomic mass is 16.2. The molecule has 0 radical (unpaired) electrons. The van der Waals surface area contributed by atoms with E-state index in [0.29, 0.717) is 0 Å². The maximum Gasteiger partial charge on any atom is 0.355 e. The summed E-state index contributed by atoms with van der Waals surface area (Å²) in [4.78, 5) is 30.6. The van der Waals surface area contributed by atoms with Crippen LogP contribution in [0.2, 0.25) is 0 Å². The molecule has 1 unspecified atom stereocenters. The van der Waals surface area contributed by atoms with Crippen molar-refractivity contribution >= 4 is 5.95 Å². The van der Waals surface area contributed by atoms with Crippen molar-refractivity contribution in [2.75, 3.05) is 5.32 Å². The predicted molar refractivity (Wildman–Crippen MR) is 94.6 cm³/mol. The van der Waals surface area contributed by atoms with E-state index in [1.54, 1.807) is 13.8 Å². The summed E-state index contributed by atoms with van der Waals surface area (Å²) in [5.74, 6) is 0.215. The lowest BCUT2D eigenvalue weighted by Gasteiger charge is -2.20. The third-order valence-corrected chi connectivity index (χ3v) is 4.60. The van der Waals surface area contributed by atoms with Crippen LogP contribution in [-0.4, -0.2) is 14.5 Å². The van der Waals surface area contributed by atoms with Crippen molar-refractivity contribution in [2.45, 2.75) is 58.5 Å². The number of aryl methyl sites for hydroxylation is 2. The number of H-pyrrole nitrogens is 1. The van der Waals surface area contributed by atoms with E-state index in [0.717, 1.165) is 23.0 Å². The molecule has 0 aliphatic heterocycles. The second-order valence-electron chi connectivity index (χ2n) is 6.74. The standard InChI is InChI=1S/C18H24N4O2/c1-11(2)22-17(23)20-16(21-18(22)24)19-12(3)14-9-8-13-6-4-5-7-15(13)10-14/h8-12H,4-7H2,1-3H3,(H2,19,20,21,23,24). The summed E-state index contributed by atoms with van der Waals surface area (Å²) in [7, 11) is 0. The molecule has 0 amide bonds. The van der Waals surface area contributed by atoms with Crippen LogP contribution in [0.4, 0.5) is 5.95 Å². The zero-order valence-electron chi connectivity index (χ0n) is 14.4. The Morgan fingerprint density at radius 3 is 2.50 bits per heavy atom. The lowest BCUT2D eigenvalue weighted by Crippen LogP contribution is -2.39. The highest BCUT2D eigenvalue weighted by molar-refractivity contribution is 5.38. The first-order valence-corrected chi connectivity index (χ1v) is 8.57. The highest BCUT2D eigenvalue weighted by Gasteiger charge is 2.14. The number of aromatic nitrogens is 3. The fourth-order valence-corrected chi connectivity index (χ4v) is 3.26. The average molecular weight is 328 g/mol. The summed E-state index contributed by atoms with van der Waals surface area (Å²) in [5.41, 5.74) is 3.00. The van der Waals surface area contributed by atoms with E-state index in [2.05, 4.69) is 33.5 Å². The van der Waals surface area contributed by atoms with Gasteiger partial charge in [-0.15, -0.1) is 0 Å². The molecule has 24 heavy (non-hydrogen) atoms. The molecule has 0 saturated heterocycles. The van der Waals surface area contributed by atoms with Gasteiger partial charge < -0.3 is 5.32 Å². The number of fused-ring (bicyclic) bond motifs is 1. The topological polar surface area (TPSA) is 79.8 Å². The fraction of sp³-hybridized carbons (Fsp3) is 0.500. The summed E-state index contributed by atoms with van der Waals surface area (Å²) in [5, 5.41) is 3.13. The summed E-state index contributed by atoms with van der Waals surface area (Å²) in [6.07, 6.45) is 4.77. The molecule has 128 valence electrons. The molecule has 6 nitrogen and oxygen atoms in total. The predicted octanol–water partition coefficient (Wildman–Crippen LogP) is 2.56. The Balaban J connectivity index is 1.84. The highest BCUT2D eigenvalue weighted by Crippen LogP contribution is 2.25. The van der Waals surface area contributed by atoms with Gasteiger partial charge in [-0.2, -0.15) is 4.98 Å². The smallest absolute Gasteiger partial charge is 0.349 e. The number of rotatable bonds is 4. The van der Waals surface area contributed by atoms with Gasteiger partial charge >= 0.3 is 11.4 Å². The first kappa shape index (κ1) is 16.5. The molecule has 3 rings (SSSR count). The van der Waals surface area contributed by atoms with Crippen molar-refractivity contribution in [2.24, 2.45) is 0 Å². The van der Waals surface area contributed by atoms with Crippen molar-refractivity contribution in [3.05, 3.63) is 55.9 Å². The third kappa shape index (κ3) is 3.27. The Morgan fingerprint density at radius 2 is 1.83 bits per heavy atom. The zero-order chi connectivity index (χ0) is 17.3. The van der Waals surface area contributed by atoms with Crippen molar-refractivity contribution in [1.82, 2.24) is 14.5 Å². The summed E-state index contributed by atoms with van der Waals surface area (Å²) in [6, 6.07) is 6.25. The van der Waals surface area contributed by atoms with Gasteiger partial charge in [-0.05, 0) is 63.1 Å². The Labute approximate surface area is 141 Å². The zero-order valence-corrected chi connectivity index (χ0v) is 14.4. The molecular formula is C18H24N4O2. The minimum atomic E-state index is -0.533. The molecule has 1 atom stereocenters. The Morgan fingerprint density at radius 1 is 1.12 bits per heavy atom. The Kier molecular flexibility index (Phi) is 4.55. The van der Waals surface area contributed by atoms with Gasteiger partial charge in [0.2, 0.25) is 5.95 Å². The number of nitrogens with one attached hydrogen (secondary N) is 2. The number of aromatic amines is 1. The van der Waals surface area contributed by atoms with E-state index in [4.69, 9.17) is 0 Å². The maximum absolute atomic E-state index is 12.0. The van der Waals surface area contributed by atoms with Crippen LogP contribution in [0.5, 0.6) is 0 Å². The minimum Gasteiger partial charge on any atom is -0.349 e. The van der Waals surface area contributed by atoms with Crippen LogP contribution >= 0.6 is 0 Å². The molecule has 0 spiro atoms. The second kappa shape index (κ2) is 6.63. The van der Waals surface area contributed by atoms with Gasteiger partial charge in [-0.25, -0.2) is 14.2 Å². The van der Waals surface area contributed by atoms with Crippen LogP contribution in [0.3, 0.4) is 0 Å². The molecular weight excluding hydrogens is 304 g/mol. The number of hydrogen-bond donors (Lipinski definition) is 2. The SMILES string of the molecule is CC(Nc1nc(=O)n(C(C)C)c(=O)[nH]1)c1ccc2c(c1)CCCC2. The van der Waals surface area contributed by atoms with Crippen LogP contribution in [0.25, 0.3) is 0 Å². The number of nitrogens with zero attached hydrogens (tertiary/aromatic N) is 2. The van der Waals surface area contributed by atoms with Gasteiger partial charge in [0, 0.05) is 6.04 Å². The van der Waals surface area contributed by atoms with Crippen molar-refractivity contribution in [3.8, 4) is 0 Å². The molecule has 1 aromatic carbocycles. The number of hydrogen-bond acceptors (Lipinski definition) is 4. The van der Waals surface area contributed by atoms with Crippen molar-refractivity contribution < 1.29 is 0 Å². The van der Waals surface area contributed by atoms with Gasteiger partial charge in [0.05, 0.1) is 6.04 Å². The Bertz CT molecular complexity index is 820. The fourth-order valence-electron chi connectivity index (χ4n) is 3.26. The van der Waals surface area contributed by atoms with Crippen LogP contribution < -0.4 is 16.7 Å². The van der Waals surface area contributed by atoms with E-state index in [9.17, 15) is 9.59 Å². The molecule has 0 saturated carbocycles. The lowest BCUT2D eigenvalue weighted by atomic mass is 9.89. The maximum atomic E-state index is 12.0. The van der Waals surface area contributed by atoms with Crippen LogP contribution in [0.1, 0.15) is 62.4 Å². The molecule has 0 fully saturated rings. The molecule has 1 aliphatic rings. The van der Waals surface area contributed by atoms with Crippen LogP contribution in [-0.2, 0) is 12.8 Å². The summed E-state index contributed by atoms with van der Waals surface area (Å²) >= 11 is 0. The quantitative estimate of drug-likeness (QED) is 0.904. The minimum absolute atomic E-state index is 0.0466. The van der Waals surface area contributed by atoms with Crippen molar-refractivity contribution in [1.29, 1.82) is 0 Å². The van der Waals surface area contributed by atoms with Gasteiger partial charge in [-0.3, -0.25) is 4.98 Å². The normalized spacial score (nSPS) is 15.2. The molecule has 1 aliphatic carbocycles. The lowest BCUT2D eigenvalue weighted by molar-refractivity contribution is 0.529. The first-order chi connectivity index (χ1) is 11.5. The average Bonchev–Trinajstić information content (AvgIpc) is 2.53. The molecule has 1 heterocycles. The summed E-state index contributed by atoms with van der Waals surface area (Å²) < 4.78 is 1.11. The van der Waals surface area contributed by atoms with Gasteiger partial charge in [0.25, 0.3) is 0 Å². The molecule has 2 aromatic rings. The van der Waals surface area contributed by atoms with E-state index in [-0.39, 0.29) is 18.0 Å². The van der Waals surface area contributed by atoms with E-state index >= 15 is 0 Å². The first-order valence-electron chi connectivity index (χ1n) is 8.57. The Hall–Kier alpha value is -2.37. The molecule has 6 heteroatoms. The largest absolute Gasteiger partial charge is 0.355 e. The number of benzene rings is 1. The molecule has 0 bridgehead atoms.